The lowest BCUT2D eigenvalue weighted by Gasteiger charge is -2.28. The van der Waals surface area contributed by atoms with Crippen LogP contribution in [0.1, 0.15) is 15.9 Å². The molecule has 0 aromatic heterocycles. The van der Waals surface area contributed by atoms with Gasteiger partial charge >= 0.3 is 5.97 Å². The number of hydrogen-bond acceptors (Lipinski definition) is 3. The minimum absolute atomic E-state index is 0.366. The Bertz CT molecular complexity index is 1070. The summed E-state index contributed by atoms with van der Waals surface area (Å²) in [5.74, 6) is -0.366. The maximum absolute atomic E-state index is 12.6. The van der Waals surface area contributed by atoms with E-state index >= 15 is 0 Å². The van der Waals surface area contributed by atoms with Gasteiger partial charge < -0.3 is 10.5 Å². The van der Waals surface area contributed by atoms with Crippen molar-refractivity contribution in [3.63, 3.8) is 0 Å². The van der Waals surface area contributed by atoms with E-state index in [1.54, 1.807) is 12.1 Å². The van der Waals surface area contributed by atoms with E-state index in [-0.39, 0.29) is 5.97 Å². The van der Waals surface area contributed by atoms with Gasteiger partial charge in [-0.05, 0) is 48.5 Å². The maximum atomic E-state index is 12.6. The van der Waals surface area contributed by atoms with Gasteiger partial charge in [0.05, 0.1) is 12.7 Å². The number of hydrogen-bond donors (Lipinski definition) is 1. The van der Waals surface area contributed by atoms with Gasteiger partial charge in [0, 0.05) is 11.3 Å². The van der Waals surface area contributed by atoms with Crippen LogP contribution in [-0.4, -0.2) is 13.1 Å². The number of nitrogen functional groups attached to an aromatic ring is 1. The second-order valence-corrected chi connectivity index (χ2v) is 10.8. The highest BCUT2D eigenvalue weighted by molar-refractivity contribution is 7.95. The minimum Gasteiger partial charge on any atom is -0.465 e. The summed E-state index contributed by atoms with van der Waals surface area (Å²) in [4.78, 5) is 12.6. The van der Waals surface area contributed by atoms with E-state index in [1.165, 1.54) is 23.0 Å². The number of carbonyl (C=O) groups is 1. The van der Waals surface area contributed by atoms with Crippen LogP contribution >= 0.6 is 7.26 Å². The molecule has 0 atom stereocenters. The molecule has 0 aliphatic heterocycles. The lowest BCUT2D eigenvalue weighted by molar-refractivity contribution is 0.0600. The van der Waals surface area contributed by atoms with Gasteiger partial charge in [0.15, 0.2) is 0 Å². The average molecular weight is 426 g/mol. The molecule has 2 N–H and O–H groups in total. The zero-order valence-electron chi connectivity index (χ0n) is 17.4. The van der Waals surface area contributed by atoms with Crippen molar-refractivity contribution in [1.82, 2.24) is 0 Å². The van der Waals surface area contributed by atoms with Crippen molar-refractivity contribution in [1.29, 1.82) is 0 Å². The molecule has 4 aromatic carbocycles. The molecule has 154 valence electrons. The van der Waals surface area contributed by atoms with Crippen molar-refractivity contribution in [2.45, 2.75) is 6.16 Å². The maximum Gasteiger partial charge on any atom is 0.338 e. The molecule has 4 heteroatoms. The van der Waals surface area contributed by atoms with Gasteiger partial charge in [0.2, 0.25) is 0 Å². The van der Waals surface area contributed by atoms with Crippen LogP contribution in [-0.2, 0) is 10.9 Å². The lowest BCUT2D eigenvalue weighted by Crippen LogP contribution is -2.33. The second-order valence-electron chi connectivity index (χ2n) is 7.34. The average Bonchev–Trinajstić information content (AvgIpc) is 2.84. The van der Waals surface area contributed by atoms with Gasteiger partial charge in [-0.1, -0.05) is 60.7 Å². The number of anilines is 1. The Morgan fingerprint density at radius 2 is 1.16 bits per heavy atom. The Morgan fingerprint density at radius 1 is 0.710 bits per heavy atom. The first-order valence-corrected chi connectivity index (χ1v) is 12.1. The highest BCUT2D eigenvalue weighted by Gasteiger charge is 2.46. The van der Waals surface area contributed by atoms with Crippen LogP contribution in [0.15, 0.2) is 109 Å². The summed E-state index contributed by atoms with van der Waals surface area (Å²) in [6.45, 7) is 0. The van der Waals surface area contributed by atoms with Gasteiger partial charge in [-0.15, -0.1) is 0 Å². The van der Waals surface area contributed by atoms with Crippen molar-refractivity contribution >= 4 is 34.8 Å². The van der Waals surface area contributed by atoms with Gasteiger partial charge in [0.1, 0.15) is 29.3 Å². The predicted octanol–water partition coefficient (Wildman–Crippen LogP) is 4.55. The zero-order chi connectivity index (χ0) is 21.7. The quantitative estimate of drug-likeness (QED) is 0.280. The van der Waals surface area contributed by atoms with Crippen LogP contribution in [0.4, 0.5) is 5.69 Å². The van der Waals surface area contributed by atoms with Crippen molar-refractivity contribution in [2.24, 2.45) is 0 Å². The summed E-state index contributed by atoms with van der Waals surface area (Å²) >= 11 is 0. The summed E-state index contributed by atoms with van der Waals surface area (Å²) in [6.07, 6.45) is 0.627. The normalized spacial score (nSPS) is 11.1. The van der Waals surface area contributed by atoms with Crippen molar-refractivity contribution in [2.75, 3.05) is 12.8 Å². The summed E-state index contributed by atoms with van der Waals surface area (Å²) in [5, 5.41) is 3.73. The molecule has 0 heterocycles. The molecule has 4 aromatic rings. The Labute approximate surface area is 183 Å². The van der Waals surface area contributed by atoms with E-state index in [2.05, 4.69) is 72.8 Å². The van der Waals surface area contributed by atoms with Crippen LogP contribution in [0.5, 0.6) is 0 Å². The number of esters is 1. The number of methoxy groups -OCH3 is 1. The first-order chi connectivity index (χ1) is 15.2. The third-order valence-electron chi connectivity index (χ3n) is 5.60. The molecule has 31 heavy (non-hydrogen) atoms. The van der Waals surface area contributed by atoms with Crippen molar-refractivity contribution < 1.29 is 9.53 Å². The van der Waals surface area contributed by atoms with E-state index in [9.17, 15) is 4.79 Å². The minimum atomic E-state index is -2.17. The van der Waals surface area contributed by atoms with Gasteiger partial charge in [-0.2, -0.15) is 0 Å². The monoisotopic (exact) mass is 426 g/mol. The van der Waals surface area contributed by atoms with Crippen LogP contribution in [0.25, 0.3) is 0 Å². The van der Waals surface area contributed by atoms with E-state index in [1.807, 2.05) is 24.3 Å². The Morgan fingerprint density at radius 3 is 1.58 bits per heavy atom. The zero-order valence-corrected chi connectivity index (χ0v) is 18.3. The summed E-state index contributed by atoms with van der Waals surface area (Å²) in [7, 11) is -0.761. The molecule has 0 radical (unpaired) electrons. The van der Waals surface area contributed by atoms with Crippen LogP contribution in [0.2, 0.25) is 0 Å². The molecule has 4 rings (SSSR count). The molecule has 0 unspecified atom stereocenters. The van der Waals surface area contributed by atoms with Crippen LogP contribution < -0.4 is 21.6 Å². The van der Waals surface area contributed by atoms with Crippen molar-refractivity contribution in [3.8, 4) is 0 Å². The van der Waals surface area contributed by atoms with E-state index in [0.717, 1.165) is 5.56 Å². The smallest absolute Gasteiger partial charge is 0.338 e. The fourth-order valence-electron chi connectivity index (χ4n) is 4.09. The molecule has 0 spiro atoms. The molecule has 0 aliphatic carbocycles. The molecular weight excluding hydrogens is 401 g/mol. The molecule has 0 saturated heterocycles. The first-order valence-electron chi connectivity index (χ1n) is 10.2. The highest BCUT2D eigenvalue weighted by atomic mass is 31.2. The highest BCUT2D eigenvalue weighted by Crippen LogP contribution is 2.59. The van der Waals surface area contributed by atoms with Crippen LogP contribution in [0, 0.1) is 0 Å². The summed E-state index contributed by atoms with van der Waals surface area (Å²) in [6, 6.07) is 37.1. The van der Waals surface area contributed by atoms with Crippen LogP contribution in [0.3, 0.4) is 0 Å². The third-order valence-corrected chi connectivity index (χ3v) is 9.93. The lowest BCUT2D eigenvalue weighted by atomic mass is 10.1. The van der Waals surface area contributed by atoms with Gasteiger partial charge in [-0.3, -0.25) is 0 Å². The van der Waals surface area contributed by atoms with E-state index < -0.39 is 7.26 Å². The number of ether oxygens (including phenoxy) is 1. The van der Waals surface area contributed by atoms with Gasteiger partial charge in [0.25, 0.3) is 0 Å². The first kappa shape index (κ1) is 20.8. The number of rotatable bonds is 6. The third kappa shape index (κ3) is 3.97. The Balaban J connectivity index is 2.04. The SMILES string of the molecule is COC(=O)c1cccc(N)c1C[P+](c1ccccc1)(c1ccccc1)c1ccccc1. The Hall–Kier alpha value is -3.42. The predicted molar refractivity (Wildman–Crippen MR) is 131 cm³/mol. The number of nitrogens with two attached hydrogens (primary N) is 1. The fourth-order valence-corrected chi connectivity index (χ4v) is 8.40. The topological polar surface area (TPSA) is 52.3 Å². The summed E-state index contributed by atoms with van der Waals surface area (Å²) < 4.78 is 5.08. The molecule has 0 saturated carbocycles. The molecule has 0 fully saturated rings. The summed E-state index contributed by atoms with van der Waals surface area (Å²) in [5.41, 5.74) is 8.43. The second kappa shape index (κ2) is 9.16. The van der Waals surface area contributed by atoms with E-state index in [0.29, 0.717) is 17.4 Å². The largest absolute Gasteiger partial charge is 0.465 e. The van der Waals surface area contributed by atoms with E-state index in [4.69, 9.17) is 10.5 Å². The number of benzene rings is 4. The molecular formula is C27H25NO2P+. The standard InChI is InChI=1S/C27H25NO2P/c1-30-27(29)24-18-11-19-26(28)25(24)20-31(21-12-5-2-6-13-21,22-14-7-3-8-15-22)23-16-9-4-10-17-23/h2-19H,20,28H2,1H3/q+1. The molecule has 3 nitrogen and oxygen atoms in total. The fraction of sp³-hybridized carbons (Fsp3) is 0.0741. The van der Waals surface area contributed by atoms with Crippen molar-refractivity contribution in [3.05, 3.63) is 120 Å². The Kier molecular flexibility index (Phi) is 6.16. The van der Waals surface area contributed by atoms with Gasteiger partial charge in [-0.25, -0.2) is 4.79 Å². The number of carbonyl (C=O) groups excluding carboxylic acids is 1. The molecule has 0 amide bonds. The molecule has 0 bridgehead atoms. The molecule has 0 aliphatic rings.